The molecule has 0 saturated heterocycles. The average molecular weight is 418 g/mol. The van der Waals surface area contributed by atoms with Crippen molar-refractivity contribution in [2.24, 2.45) is 0 Å². The number of anilines is 1. The smallest absolute Gasteiger partial charge is 0.253 e. The molecule has 0 aliphatic carbocycles. The van der Waals surface area contributed by atoms with Gasteiger partial charge in [-0.1, -0.05) is 12.1 Å². The molecule has 31 heavy (non-hydrogen) atoms. The van der Waals surface area contributed by atoms with Crippen LogP contribution in [0.4, 0.5) is 5.69 Å². The fraction of sp³-hybridized carbons (Fsp3) is 0.292. The molecule has 160 valence electrons. The van der Waals surface area contributed by atoms with Crippen molar-refractivity contribution in [2.75, 3.05) is 25.0 Å². The van der Waals surface area contributed by atoms with Crippen LogP contribution in [0.2, 0.25) is 0 Å². The average Bonchev–Trinajstić information content (AvgIpc) is 3.05. The Morgan fingerprint density at radius 1 is 1.10 bits per heavy atom. The third-order valence-electron chi connectivity index (χ3n) is 5.32. The lowest BCUT2D eigenvalue weighted by atomic mass is 10.1. The molecule has 0 bridgehead atoms. The summed E-state index contributed by atoms with van der Waals surface area (Å²) in [7, 11) is 0. The molecule has 0 spiro atoms. The van der Waals surface area contributed by atoms with E-state index in [1.54, 1.807) is 0 Å². The molecule has 0 radical (unpaired) electrons. The predicted octanol–water partition coefficient (Wildman–Crippen LogP) is 3.61. The Balaban J connectivity index is 1.50. The van der Waals surface area contributed by atoms with Crippen LogP contribution in [0.1, 0.15) is 30.0 Å². The van der Waals surface area contributed by atoms with Gasteiger partial charge in [0, 0.05) is 49.8 Å². The van der Waals surface area contributed by atoms with E-state index >= 15 is 0 Å². The molecule has 7 heteroatoms. The van der Waals surface area contributed by atoms with Crippen molar-refractivity contribution in [3.63, 3.8) is 0 Å². The van der Waals surface area contributed by atoms with Crippen LogP contribution in [0.3, 0.4) is 0 Å². The van der Waals surface area contributed by atoms with E-state index in [1.807, 2.05) is 66.6 Å². The highest BCUT2D eigenvalue weighted by Crippen LogP contribution is 2.26. The number of nitrogens with one attached hydrogen (secondary N) is 1. The van der Waals surface area contributed by atoms with Crippen LogP contribution in [0.15, 0.2) is 54.7 Å². The summed E-state index contributed by atoms with van der Waals surface area (Å²) in [5, 5.41) is 2.82. The zero-order valence-electron chi connectivity index (χ0n) is 17.8. The molecule has 2 amide bonds. The normalized spacial score (nSPS) is 13.3. The Labute approximate surface area is 181 Å². The summed E-state index contributed by atoms with van der Waals surface area (Å²) >= 11 is 0. The molecular formula is C24H26N4O3. The lowest BCUT2D eigenvalue weighted by molar-refractivity contribution is -0.114. The number of carbonyl (C=O) groups is 2. The van der Waals surface area contributed by atoms with Gasteiger partial charge in [0.05, 0.1) is 18.5 Å². The van der Waals surface area contributed by atoms with Crippen LogP contribution >= 0.6 is 0 Å². The fourth-order valence-electron chi connectivity index (χ4n) is 3.87. The second kappa shape index (κ2) is 9.04. The molecule has 1 aliphatic rings. The van der Waals surface area contributed by atoms with E-state index in [-0.39, 0.29) is 11.8 Å². The van der Waals surface area contributed by atoms with Gasteiger partial charge in [0.1, 0.15) is 11.6 Å². The largest absolute Gasteiger partial charge is 0.494 e. The van der Waals surface area contributed by atoms with Crippen LogP contribution in [-0.4, -0.2) is 46.0 Å². The first-order valence-corrected chi connectivity index (χ1v) is 10.5. The summed E-state index contributed by atoms with van der Waals surface area (Å²) in [5.74, 6) is 1.64. The van der Waals surface area contributed by atoms with Gasteiger partial charge in [-0.15, -0.1) is 0 Å². The minimum absolute atomic E-state index is 0.0167. The van der Waals surface area contributed by atoms with Gasteiger partial charge in [0.15, 0.2) is 0 Å². The van der Waals surface area contributed by atoms with Crippen LogP contribution in [-0.2, 0) is 17.8 Å². The maximum atomic E-state index is 13.0. The van der Waals surface area contributed by atoms with Gasteiger partial charge in [-0.2, -0.15) is 0 Å². The second-order valence-electron chi connectivity index (χ2n) is 7.47. The molecule has 1 aromatic heterocycles. The van der Waals surface area contributed by atoms with E-state index < -0.39 is 0 Å². The van der Waals surface area contributed by atoms with Gasteiger partial charge in [0.2, 0.25) is 5.91 Å². The number of fused-ring (bicyclic) bond motifs is 1. The number of nitrogens with zero attached hydrogens (tertiary/aromatic N) is 3. The molecule has 0 fully saturated rings. The van der Waals surface area contributed by atoms with Crippen LogP contribution < -0.4 is 10.1 Å². The molecule has 3 aromatic rings. The maximum Gasteiger partial charge on any atom is 0.253 e. The molecule has 4 rings (SSSR count). The van der Waals surface area contributed by atoms with Crippen molar-refractivity contribution in [3.05, 3.63) is 66.1 Å². The van der Waals surface area contributed by atoms with Gasteiger partial charge in [-0.25, -0.2) is 4.98 Å². The number of rotatable bonds is 5. The third kappa shape index (κ3) is 4.60. The Hall–Kier alpha value is -3.61. The van der Waals surface area contributed by atoms with Gasteiger partial charge >= 0.3 is 0 Å². The number of aromatic nitrogens is 2. The van der Waals surface area contributed by atoms with Crippen molar-refractivity contribution in [1.29, 1.82) is 0 Å². The molecule has 1 aliphatic heterocycles. The molecule has 7 nitrogen and oxygen atoms in total. The first-order chi connectivity index (χ1) is 15.0. The summed E-state index contributed by atoms with van der Waals surface area (Å²) in [6.45, 7) is 5.92. The van der Waals surface area contributed by atoms with Crippen molar-refractivity contribution in [1.82, 2.24) is 14.5 Å². The van der Waals surface area contributed by atoms with Crippen molar-refractivity contribution in [2.45, 2.75) is 26.8 Å². The van der Waals surface area contributed by atoms with Crippen molar-refractivity contribution in [3.8, 4) is 17.0 Å². The Bertz CT molecular complexity index is 1090. The van der Waals surface area contributed by atoms with E-state index in [9.17, 15) is 9.59 Å². The Kier molecular flexibility index (Phi) is 6.02. The lowest BCUT2D eigenvalue weighted by Crippen LogP contribution is -2.33. The number of amides is 2. The molecule has 2 heterocycles. The Morgan fingerprint density at radius 3 is 2.65 bits per heavy atom. The third-order valence-corrected chi connectivity index (χ3v) is 5.32. The minimum Gasteiger partial charge on any atom is -0.494 e. The quantitative estimate of drug-likeness (QED) is 0.687. The van der Waals surface area contributed by atoms with Crippen LogP contribution in [0.5, 0.6) is 5.75 Å². The highest BCUT2D eigenvalue weighted by atomic mass is 16.5. The standard InChI is InChI=1S/C24H26N4O3/c1-3-31-21-9-7-18(8-10-21)24(30)27-12-11-23-25-16-22(28(23)14-13-27)19-5-4-6-20(15-19)26-17(2)29/h4-10,15-16H,3,11-14H2,1-2H3,(H,26,29). The minimum atomic E-state index is -0.104. The van der Waals surface area contributed by atoms with Crippen molar-refractivity contribution < 1.29 is 14.3 Å². The van der Waals surface area contributed by atoms with Gasteiger partial charge in [-0.3, -0.25) is 9.59 Å². The summed E-state index contributed by atoms with van der Waals surface area (Å²) in [4.78, 5) is 30.9. The monoisotopic (exact) mass is 418 g/mol. The van der Waals surface area contributed by atoms with Gasteiger partial charge in [0.25, 0.3) is 5.91 Å². The fourth-order valence-corrected chi connectivity index (χ4v) is 3.87. The lowest BCUT2D eigenvalue weighted by Gasteiger charge is -2.20. The number of benzene rings is 2. The first kappa shape index (κ1) is 20.7. The van der Waals surface area contributed by atoms with Crippen LogP contribution in [0, 0.1) is 0 Å². The number of imidazole rings is 1. The predicted molar refractivity (Wildman–Crippen MR) is 119 cm³/mol. The zero-order chi connectivity index (χ0) is 21.8. The molecule has 2 aromatic carbocycles. The summed E-state index contributed by atoms with van der Waals surface area (Å²) < 4.78 is 7.63. The van der Waals surface area contributed by atoms with Gasteiger partial charge < -0.3 is 19.5 Å². The summed E-state index contributed by atoms with van der Waals surface area (Å²) in [6, 6.07) is 15.0. The SMILES string of the molecule is CCOc1ccc(C(=O)N2CCc3ncc(-c4cccc(NC(C)=O)c4)n3CC2)cc1. The van der Waals surface area contributed by atoms with E-state index in [4.69, 9.17) is 4.74 Å². The maximum absolute atomic E-state index is 13.0. The zero-order valence-corrected chi connectivity index (χ0v) is 17.8. The van der Waals surface area contributed by atoms with E-state index in [0.717, 1.165) is 28.5 Å². The Morgan fingerprint density at radius 2 is 1.90 bits per heavy atom. The topological polar surface area (TPSA) is 76.5 Å². The molecule has 1 N–H and O–H groups in total. The van der Waals surface area contributed by atoms with E-state index in [0.29, 0.717) is 38.2 Å². The molecule has 0 atom stereocenters. The van der Waals surface area contributed by atoms with Gasteiger partial charge in [-0.05, 0) is 43.3 Å². The van der Waals surface area contributed by atoms with E-state index in [1.165, 1.54) is 6.92 Å². The number of ether oxygens (including phenoxy) is 1. The molecule has 0 unspecified atom stereocenters. The highest BCUT2D eigenvalue weighted by Gasteiger charge is 2.22. The molecule has 0 saturated carbocycles. The van der Waals surface area contributed by atoms with Crippen LogP contribution in [0.25, 0.3) is 11.3 Å². The highest BCUT2D eigenvalue weighted by molar-refractivity contribution is 5.94. The second-order valence-corrected chi connectivity index (χ2v) is 7.47. The number of carbonyl (C=O) groups excluding carboxylic acids is 2. The number of hydrogen-bond acceptors (Lipinski definition) is 4. The van der Waals surface area contributed by atoms with E-state index in [2.05, 4.69) is 14.9 Å². The molecular weight excluding hydrogens is 392 g/mol. The summed E-state index contributed by atoms with van der Waals surface area (Å²) in [6.07, 6.45) is 2.56. The van der Waals surface area contributed by atoms with Crippen molar-refractivity contribution >= 4 is 17.5 Å². The number of hydrogen-bond donors (Lipinski definition) is 1. The first-order valence-electron chi connectivity index (χ1n) is 10.5. The summed E-state index contributed by atoms with van der Waals surface area (Å²) in [5.41, 5.74) is 3.38.